The maximum Gasteiger partial charge on any atom is 0.00237 e. The highest BCUT2D eigenvalue weighted by Crippen LogP contribution is 2.24. The van der Waals surface area contributed by atoms with Gasteiger partial charge in [-0.3, -0.25) is 0 Å². The van der Waals surface area contributed by atoms with Crippen LogP contribution in [0, 0.1) is 11.3 Å². The number of halogens is 1. The second kappa shape index (κ2) is 7.51. The van der Waals surface area contributed by atoms with Gasteiger partial charge in [-0.05, 0) is 25.5 Å². The summed E-state index contributed by atoms with van der Waals surface area (Å²) in [6, 6.07) is 0. The number of hydrogen-bond acceptors (Lipinski definition) is 1. The first-order valence-corrected chi connectivity index (χ1v) is 5.37. The van der Waals surface area contributed by atoms with Gasteiger partial charge in [0.25, 0.3) is 0 Å². The molecule has 1 aliphatic carbocycles. The SMILES string of the molecule is C=N.ICC1CCCCC1. The molecule has 1 rings (SSSR count). The van der Waals surface area contributed by atoms with E-state index in [4.69, 9.17) is 5.41 Å². The van der Waals surface area contributed by atoms with Crippen molar-refractivity contribution in [2.24, 2.45) is 5.92 Å². The van der Waals surface area contributed by atoms with Crippen molar-refractivity contribution in [3.8, 4) is 0 Å². The first-order valence-electron chi connectivity index (χ1n) is 3.85. The summed E-state index contributed by atoms with van der Waals surface area (Å²) in [7, 11) is 0. The van der Waals surface area contributed by atoms with Crippen molar-refractivity contribution < 1.29 is 0 Å². The first-order chi connectivity index (χ1) is 4.93. The zero-order valence-electron chi connectivity index (χ0n) is 6.41. The Balaban J connectivity index is 0.000000371. The van der Waals surface area contributed by atoms with Gasteiger partial charge in [-0.25, -0.2) is 0 Å². The molecule has 1 aliphatic rings. The highest BCUT2D eigenvalue weighted by atomic mass is 127. The molecule has 0 aromatic carbocycles. The van der Waals surface area contributed by atoms with Crippen LogP contribution in [0.25, 0.3) is 0 Å². The van der Waals surface area contributed by atoms with E-state index in [0.717, 1.165) is 5.92 Å². The number of alkyl halides is 1. The third-order valence-corrected chi connectivity index (χ3v) is 3.19. The van der Waals surface area contributed by atoms with Crippen LogP contribution in [0.15, 0.2) is 0 Å². The van der Waals surface area contributed by atoms with E-state index in [2.05, 4.69) is 29.3 Å². The Kier molecular flexibility index (Phi) is 7.81. The van der Waals surface area contributed by atoms with Crippen molar-refractivity contribution in [3.05, 3.63) is 0 Å². The molecule has 0 aliphatic heterocycles. The van der Waals surface area contributed by atoms with Crippen molar-refractivity contribution in [1.29, 1.82) is 5.41 Å². The molecule has 60 valence electrons. The topological polar surface area (TPSA) is 23.9 Å². The van der Waals surface area contributed by atoms with E-state index in [1.165, 1.54) is 36.5 Å². The summed E-state index contributed by atoms with van der Waals surface area (Å²) in [5.74, 6) is 1.07. The third-order valence-electron chi connectivity index (χ3n) is 1.94. The van der Waals surface area contributed by atoms with E-state index in [1.54, 1.807) is 0 Å². The standard InChI is InChI=1S/C7H13I.CH3N/c8-6-7-4-2-1-3-5-7;1-2/h7H,1-6H2;2H,1H2. The summed E-state index contributed by atoms with van der Waals surface area (Å²) in [5.41, 5.74) is 0. The first kappa shape index (κ1) is 10.4. The minimum Gasteiger partial charge on any atom is -0.317 e. The average molecular weight is 253 g/mol. The van der Waals surface area contributed by atoms with Crippen molar-refractivity contribution in [2.45, 2.75) is 32.1 Å². The zero-order valence-corrected chi connectivity index (χ0v) is 8.56. The minimum absolute atomic E-state index is 1.07. The van der Waals surface area contributed by atoms with Gasteiger partial charge in [0.1, 0.15) is 0 Å². The maximum absolute atomic E-state index is 5.50. The van der Waals surface area contributed by atoms with Crippen LogP contribution in [-0.2, 0) is 0 Å². The Hall–Kier alpha value is 0.400. The number of hydrogen-bond donors (Lipinski definition) is 1. The smallest absolute Gasteiger partial charge is 0.00237 e. The van der Waals surface area contributed by atoms with E-state index in [-0.39, 0.29) is 0 Å². The molecular formula is C8H16IN. The van der Waals surface area contributed by atoms with Gasteiger partial charge >= 0.3 is 0 Å². The Morgan fingerprint density at radius 1 is 1.20 bits per heavy atom. The Bertz CT molecular complexity index is 69.7. The van der Waals surface area contributed by atoms with Crippen LogP contribution in [0.3, 0.4) is 0 Å². The molecule has 0 aromatic rings. The molecular weight excluding hydrogens is 237 g/mol. The summed E-state index contributed by atoms with van der Waals surface area (Å²) in [6.45, 7) is 2.50. The molecule has 0 heterocycles. The second-order valence-corrected chi connectivity index (χ2v) is 3.54. The van der Waals surface area contributed by atoms with Crippen LogP contribution in [0.4, 0.5) is 0 Å². The molecule has 10 heavy (non-hydrogen) atoms. The summed E-state index contributed by atoms with van der Waals surface area (Å²) >= 11 is 2.51. The predicted octanol–water partition coefficient (Wildman–Crippen LogP) is 3.27. The molecule has 0 atom stereocenters. The van der Waals surface area contributed by atoms with Crippen LogP contribution in [0.1, 0.15) is 32.1 Å². The van der Waals surface area contributed by atoms with E-state index in [9.17, 15) is 0 Å². The Morgan fingerprint density at radius 2 is 1.70 bits per heavy atom. The lowest BCUT2D eigenvalue weighted by molar-refractivity contribution is 0.395. The fourth-order valence-electron chi connectivity index (χ4n) is 1.34. The molecule has 1 N–H and O–H groups in total. The lowest BCUT2D eigenvalue weighted by atomic mass is 9.91. The molecule has 0 bridgehead atoms. The fraction of sp³-hybridized carbons (Fsp3) is 0.875. The minimum atomic E-state index is 1.07. The van der Waals surface area contributed by atoms with E-state index >= 15 is 0 Å². The molecule has 0 saturated heterocycles. The molecule has 0 amide bonds. The van der Waals surface area contributed by atoms with Crippen molar-refractivity contribution in [3.63, 3.8) is 0 Å². The third kappa shape index (κ3) is 4.25. The molecule has 0 aromatic heterocycles. The molecule has 1 nitrogen and oxygen atoms in total. The van der Waals surface area contributed by atoms with Crippen molar-refractivity contribution >= 4 is 29.3 Å². The van der Waals surface area contributed by atoms with Crippen molar-refractivity contribution in [2.75, 3.05) is 4.43 Å². The van der Waals surface area contributed by atoms with Gasteiger partial charge in [0.2, 0.25) is 0 Å². The molecule has 0 radical (unpaired) electrons. The van der Waals surface area contributed by atoms with Gasteiger partial charge in [-0.1, -0.05) is 41.9 Å². The lowest BCUT2D eigenvalue weighted by Gasteiger charge is -2.18. The van der Waals surface area contributed by atoms with Crippen LogP contribution < -0.4 is 0 Å². The highest BCUT2D eigenvalue weighted by Gasteiger charge is 2.10. The van der Waals surface area contributed by atoms with Gasteiger partial charge in [-0.2, -0.15) is 0 Å². The monoisotopic (exact) mass is 253 g/mol. The highest BCUT2D eigenvalue weighted by molar-refractivity contribution is 14.1. The van der Waals surface area contributed by atoms with E-state index in [0.29, 0.717) is 0 Å². The summed E-state index contributed by atoms with van der Waals surface area (Å²) in [6.07, 6.45) is 7.49. The van der Waals surface area contributed by atoms with Crippen LogP contribution in [-0.4, -0.2) is 11.1 Å². The van der Waals surface area contributed by atoms with Crippen LogP contribution >= 0.6 is 22.6 Å². The van der Waals surface area contributed by atoms with Gasteiger partial charge in [-0.15, -0.1) is 0 Å². The molecule has 1 saturated carbocycles. The summed E-state index contributed by atoms with van der Waals surface area (Å²) in [5, 5.41) is 5.50. The van der Waals surface area contributed by atoms with Gasteiger partial charge < -0.3 is 5.41 Å². The largest absolute Gasteiger partial charge is 0.317 e. The molecule has 2 heteroatoms. The molecule has 1 fully saturated rings. The van der Waals surface area contributed by atoms with E-state index in [1.807, 2.05) is 0 Å². The lowest BCUT2D eigenvalue weighted by Crippen LogP contribution is -2.06. The van der Waals surface area contributed by atoms with E-state index < -0.39 is 0 Å². The predicted molar refractivity (Wildman–Crippen MR) is 55.3 cm³/mol. The fourth-order valence-corrected chi connectivity index (χ4v) is 2.22. The Labute approximate surface area is 77.2 Å². The van der Waals surface area contributed by atoms with Crippen LogP contribution in [0.5, 0.6) is 0 Å². The summed E-state index contributed by atoms with van der Waals surface area (Å²) in [4.78, 5) is 0. The van der Waals surface area contributed by atoms with Gasteiger partial charge in [0.15, 0.2) is 0 Å². The van der Waals surface area contributed by atoms with Gasteiger partial charge in [0.05, 0.1) is 0 Å². The molecule has 0 spiro atoms. The second-order valence-electron chi connectivity index (χ2n) is 2.66. The number of rotatable bonds is 1. The van der Waals surface area contributed by atoms with Crippen LogP contribution in [0.2, 0.25) is 0 Å². The van der Waals surface area contributed by atoms with Crippen molar-refractivity contribution in [1.82, 2.24) is 0 Å². The normalized spacial score (nSPS) is 19.3. The quantitative estimate of drug-likeness (QED) is 0.421. The number of nitrogens with one attached hydrogen (secondary N) is 1. The maximum atomic E-state index is 5.50. The Morgan fingerprint density at radius 3 is 2.00 bits per heavy atom. The average Bonchev–Trinajstić information content (AvgIpc) is 2.10. The van der Waals surface area contributed by atoms with Gasteiger partial charge in [0, 0.05) is 4.43 Å². The summed E-state index contributed by atoms with van der Waals surface area (Å²) < 4.78 is 1.39. The zero-order chi connectivity index (χ0) is 7.82. The molecule has 0 unspecified atom stereocenters.